The molecular formula is C33H30ClNO4. The number of aromatic nitrogens is 1. The van der Waals surface area contributed by atoms with Gasteiger partial charge in [-0.2, -0.15) is 0 Å². The van der Waals surface area contributed by atoms with Crippen LogP contribution < -0.4 is 4.74 Å². The summed E-state index contributed by atoms with van der Waals surface area (Å²) in [6, 6.07) is 33.6. The van der Waals surface area contributed by atoms with Crippen LogP contribution in [0.1, 0.15) is 38.8 Å². The summed E-state index contributed by atoms with van der Waals surface area (Å²) in [5, 5.41) is 11.9. The van der Waals surface area contributed by atoms with Crippen molar-refractivity contribution in [1.29, 1.82) is 0 Å². The number of fused-ring (bicyclic) bond motifs is 1. The molecule has 0 bridgehead atoms. The number of carbonyl (C=O) groups is 1. The maximum atomic E-state index is 11.7. The van der Waals surface area contributed by atoms with E-state index in [2.05, 4.69) is 59.2 Å². The van der Waals surface area contributed by atoms with Crippen LogP contribution in [0.4, 0.5) is 0 Å². The number of aliphatic hydroxyl groups excluding tert-OH is 1. The number of methoxy groups -OCH3 is 1. The van der Waals surface area contributed by atoms with Crippen LogP contribution in [0.25, 0.3) is 10.9 Å². The zero-order valence-electron chi connectivity index (χ0n) is 21.7. The topological polar surface area (TPSA) is 60.7 Å². The normalized spacial score (nSPS) is 11.2. The molecule has 0 aliphatic heterocycles. The molecule has 1 N–H and O–H groups in total. The molecule has 0 aliphatic carbocycles. The molecule has 198 valence electrons. The molecule has 5 rings (SSSR count). The van der Waals surface area contributed by atoms with E-state index >= 15 is 0 Å². The van der Waals surface area contributed by atoms with Crippen LogP contribution in [-0.4, -0.2) is 36.0 Å². The van der Waals surface area contributed by atoms with E-state index in [4.69, 9.17) is 21.1 Å². The van der Waals surface area contributed by atoms with Gasteiger partial charge in [-0.3, -0.25) is 0 Å². The van der Waals surface area contributed by atoms with E-state index < -0.39 is 0 Å². The Morgan fingerprint density at radius 3 is 2.10 bits per heavy atom. The molecule has 0 atom stereocenters. The van der Waals surface area contributed by atoms with E-state index in [1.165, 1.54) is 7.11 Å². The minimum atomic E-state index is -0.383. The number of hydrogen-bond acceptors (Lipinski definition) is 4. The van der Waals surface area contributed by atoms with Gasteiger partial charge in [-0.05, 0) is 59.2 Å². The molecule has 4 aromatic carbocycles. The highest BCUT2D eigenvalue weighted by atomic mass is 35.5. The molecule has 1 aromatic heterocycles. The third kappa shape index (κ3) is 5.70. The highest BCUT2D eigenvalue weighted by Crippen LogP contribution is 2.37. The van der Waals surface area contributed by atoms with Gasteiger partial charge in [-0.1, -0.05) is 72.3 Å². The molecule has 0 aliphatic rings. The summed E-state index contributed by atoms with van der Waals surface area (Å²) < 4.78 is 13.2. The first-order valence-corrected chi connectivity index (χ1v) is 13.3. The van der Waals surface area contributed by atoms with Crippen molar-refractivity contribution in [1.82, 2.24) is 4.57 Å². The predicted octanol–water partition coefficient (Wildman–Crippen LogP) is 6.88. The molecule has 0 radical (unpaired) electrons. The second-order valence-corrected chi connectivity index (χ2v) is 9.71. The lowest BCUT2D eigenvalue weighted by atomic mass is 9.97. The Kier molecular flexibility index (Phi) is 8.30. The molecular weight excluding hydrogens is 510 g/mol. The van der Waals surface area contributed by atoms with Gasteiger partial charge in [0.25, 0.3) is 0 Å². The van der Waals surface area contributed by atoms with Crippen molar-refractivity contribution in [2.24, 2.45) is 0 Å². The van der Waals surface area contributed by atoms with E-state index in [1.807, 2.05) is 24.3 Å². The van der Waals surface area contributed by atoms with Crippen molar-refractivity contribution >= 4 is 28.5 Å². The Balaban J connectivity index is 1.57. The summed E-state index contributed by atoms with van der Waals surface area (Å²) in [5.41, 5.74) is 5.99. The highest BCUT2D eigenvalue weighted by molar-refractivity contribution is 6.31. The van der Waals surface area contributed by atoms with Gasteiger partial charge < -0.3 is 19.1 Å². The standard InChI is InChI=1S/C33H30ClNO4/c1-38-33(37)25-12-15-27(16-13-25)39-21-19-28-29-22-26(34)14-17-30(29)35(31(28)18-20-36)32(23-8-4-2-5-9-23)24-10-6-3-7-11-24/h2-17,22,32,36H,18-21H2,1H3. The van der Waals surface area contributed by atoms with Gasteiger partial charge in [-0.15, -0.1) is 0 Å². The number of benzene rings is 4. The van der Waals surface area contributed by atoms with Crippen LogP contribution in [0.5, 0.6) is 5.75 Å². The smallest absolute Gasteiger partial charge is 0.337 e. The monoisotopic (exact) mass is 539 g/mol. The fraction of sp³-hybridized carbons (Fsp3) is 0.182. The lowest BCUT2D eigenvalue weighted by Crippen LogP contribution is -2.17. The summed E-state index contributed by atoms with van der Waals surface area (Å²) in [7, 11) is 1.36. The molecule has 0 saturated carbocycles. The molecule has 6 heteroatoms. The van der Waals surface area contributed by atoms with E-state index in [9.17, 15) is 9.90 Å². The van der Waals surface area contributed by atoms with Crippen molar-refractivity contribution in [3.8, 4) is 5.75 Å². The van der Waals surface area contributed by atoms with Gasteiger partial charge in [0.15, 0.2) is 0 Å². The summed E-state index contributed by atoms with van der Waals surface area (Å²) in [5.74, 6) is 0.283. The number of esters is 1. The van der Waals surface area contributed by atoms with Gasteiger partial charge in [-0.25, -0.2) is 4.79 Å². The van der Waals surface area contributed by atoms with Crippen LogP contribution in [0.15, 0.2) is 103 Å². The summed E-state index contributed by atoms with van der Waals surface area (Å²) in [6.45, 7) is 0.437. The molecule has 0 spiro atoms. The Hall–Kier alpha value is -4.06. The summed E-state index contributed by atoms with van der Waals surface area (Å²) in [6.07, 6.45) is 1.11. The molecule has 0 unspecified atom stereocenters. The van der Waals surface area contributed by atoms with Crippen molar-refractivity contribution in [2.45, 2.75) is 18.9 Å². The Labute approximate surface area is 233 Å². The minimum absolute atomic E-state index is 0.0171. The van der Waals surface area contributed by atoms with Crippen LogP contribution in [-0.2, 0) is 17.6 Å². The van der Waals surface area contributed by atoms with Gasteiger partial charge in [0.1, 0.15) is 5.75 Å². The van der Waals surface area contributed by atoms with Crippen molar-refractivity contribution in [3.63, 3.8) is 0 Å². The zero-order chi connectivity index (χ0) is 27.2. The lowest BCUT2D eigenvalue weighted by molar-refractivity contribution is 0.0600. The molecule has 0 fully saturated rings. The Morgan fingerprint density at radius 1 is 0.872 bits per heavy atom. The van der Waals surface area contributed by atoms with E-state index in [0.29, 0.717) is 35.8 Å². The largest absolute Gasteiger partial charge is 0.493 e. The zero-order valence-corrected chi connectivity index (χ0v) is 22.5. The van der Waals surface area contributed by atoms with Crippen molar-refractivity contribution in [3.05, 3.63) is 136 Å². The first-order chi connectivity index (χ1) is 19.1. The average Bonchev–Trinajstić information content (AvgIpc) is 3.26. The molecule has 39 heavy (non-hydrogen) atoms. The Morgan fingerprint density at radius 2 is 1.51 bits per heavy atom. The Bertz CT molecular complexity index is 1510. The average molecular weight is 540 g/mol. The van der Waals surface area contributed by atoms with E-state index in [0.717, 1.165) is 33.3 Å². The number of aliphatic hydroxyl groups is 1. The fourth-order valence-corrected chi connectivity index (χ4v) is 5.37. The second-order valence-electron chi connectivity index (χ2n) is 9.27. The highest BCUT2D eigenvalue weighted by Gasteiger charge is 2.25. The molecule has 5 aromatic rings. The number of carbonyl (C=O) groups excluding carboxylic acids is 1. The predicted molar refractivity (Wildman–Crippen MR) is 155 cm³/mol. The van der Waals surface area contributed by atoms with E-state index in [1.54, 1.807) is 24.3 Å². The van der Waals surface area contributed by atoms with Gasteiger partial charge in [0, 0.05) is 41.1 Å². The molecule has 0 amide bonds. The molecule has 1 heterocycles. The molecule has 5 nitrogen and oxygen atoms in total. The van der Waals surface area contributed by atoms with Gasteiger partial charge in [0.05, 0.1) is 25.3 Å². The van der Waals surface area contributed by atoms with E-state index in [-0.39, 0.29) is 18.6 Å². The molecule has 0 saturated heterocycles. The van der Waals surface area contributed by atoms with Crippen molar-refractivity contribution < 1.29 is 19.4 Å². The maximum Gasteiger partial charge on any atom is 0.337 e. The third-order valence-corrected chi connectivity index (χ3v) is 7.15. The first kappa shape index (κ1) is 26.5. The third-order valence-electron chi connectivity index (χ3n) is 6.92. The van der Waals surface area contributed by atoms with Crippen molar-refractivity contribution in [2.75, 3.05) is 20.3 Å². The number of halogens is 1. The summed E-state index contributed by atoms with van der Waals surface area (Å²) >= 11 is 6.50. The minimum Gasteiger partial charge on any atom is -0.493 e. The van der Waals surface area contributed by atoms with Crippen LogP contribution in [0, 0.1) is 0 Å². The number of ether oxygens (including phenoxy) is 2. The fourth-order valence-electron chi connectivity index (χ4n) is 5.19. The number of rotatable bonds is 10. The van der Waals surface area contributed by atoms with Crippen LogP contribution in [0.2, 0.25) is 5.02 Å². The summed E-state index contributed by atoms with van der Waals surface area (Å²) in [4.78, 5) is 11.7. The maximum absolute atomic E-state index is 11.7. The van der Waals surface area contributed by atoms with Crippen LogP contribution in [0.3, 0.4) is 0 Å². The second kappa shape index (κ2) is 12.2. The number of hydrogen-bond donors (Lipinski definition) is 1. The lowest BCUT2D eigenvalue weighted by Gasteiger charge is -2.24. The van der Waals surface area contributed by atoms with Gasteiger partial charge >= 0.3 is 5.97 Å². The quantitative estimate of drug-likeness (QED) is 0.197. The van der Waals surface area contributed by atoms with Crippen LogP contribution >= 0.6 is 11.6 Å². The van der Waals surface area contributed by atoms with Gasteiger partial charge in [0.2, 0.25) is 0 Å². The SMILES string of the molecule is COC(=O)c1ccc(OCCc2c(CCO)n(C(c3ccccc3)c3ccccc3)c3ccc(Cl)cc23)cc1. The number of nitrogens with zero attached hydrogens (tertiary/aromatic N) is 1. The first-order valence-electron chi connectivity index (χ1n) is 12.9.